The molecule has 0 atom stereocenters. The molecule has 0 aliphatic carbocycles. The second kappa shape index (κ2) is 4.70. The number of halogens is 1. The Morgan fingerprint density at radius 1 is 1.05 bits per heavy atom. The summed E-state index contributed by atoms with van der Waals surface area (Å²) in [6.07, 6.45) is 0. The lowest BCUT2D eigenvalue weighted by atomic mass is 10.1. The van der Waals surface area contributed by atoms with Crippen LogP contribution in [0.4, 0.5) is 10.1 Å². The molecule has 2 amide bonds. The maximum absolute atomic E-state index is 13.8. The fourth-order valence-corrected chi connectivity index (χ4v) is 2.39. The highest BCUT2D eigenvalue weighted by atomic mass is 19.1. The van der Waals surface area contributed by atoms with Crippen molar-refractivity contribution in [3.63, 3.8) is 0 Å². The molecule has 0 radical (unpaired) electrons. The van der Waals surface area contributed by atoms with Gasteiger partial charge >= 0.3 is 0 Å². The van der Waals surface area contributed by atoms with E-state index in [0.29, 0.717) is 16.7 Å². The van der Waals surface area contributed by atoms with E-state index in [9.17, 15) is 14.0 Å². The number of aryl methyl sites for hydroxylation is 1. The van der Waals surface area contributed by atoms with Crippen LogP contribution in [0.5, 0.6) is 5.75 Å². The van der Waals surface area contributed by atoms with Crippen LogP contribution in [-0.4, -0.2) is 18.9 Å². The van der Waals surface area contributed by atoms with E-state index >= 15 is 0 Å². The van der Waals surface area contributed by atoms with E-state index in [2.05, 4.69) is 0 Å². The quantitative estimate of drug-likeness (QED) is 0.797. The van der Waals surface area contributed by atoms with Crippen LogP contribution in [0.15, 0.2) is 36.4 Å². The van der Waals surface area contributed by atoms with Gasteiger partial charge in [0.15, 0.2) is 0 Å². The Kier molecular flexibility index (Phi) is 2.97. The van der Waals surface area contributed by atoms with Crippen molar-refractivity contribution in [1.82, 2.24) is 0 Å². The summed E-state index contributed by atoms with van der Waals surface area (Å²) in [7, 11) is 1.41. The van der Waals surface area contributed by atoms with E-state index in [1.807, 2.05) is 0 Å². The smallest absolute Gasteiger partial charge is 0.266 e. The third kappa shape index (κ3) is 1.89. The lowest BCUT2D eigenvalue weighted by molar-refractivity contribution is 0.0925. The largest absolute Gasteiger partial charge is 0.495 e. The number of amides is 2. The minimum Gasteiger partial charge on any atom is -0.495 e. The molecule has 3 rings (SSSR count). The van der Waals surface area contributed by atoms with Gasteiger partial charge in [0.2, 0.25) is 0 Å². The summed E-state index contributed by atoms with van der Waals surface area (Å²) in [6.45, 7) is 1.59. The molecule has 106 valence electrons. The zero-order chi connectivity index (χ0) is 15.1. The number of methoxy groups -OCH3 is 1. The molecule has 0 unspecified atom stereocenters. The van der Waals surface area contributed by atoms with Crippen LogP contribution in [0, 0.1) is 12.7 Å². The summed E-state index contributed by atoms with van der Waals surface area (Å²) in [4.78, 5) is 25.7. The molecule has 0 N–H and O–H groups in total. The normalized spacial score (nSPS) is 13.6. The van der Waals surface area contributed by atoms with Gasteiger partial charge < -0.3 is 4.74 Å². The first-order valence-corrected chi connectivity index (χ1v) is 6.36. The number of imide groups is 1. The van der Waals surface area contributed by atoms with Gasteiger partial charge in [-0.3, -0.25) is 9.59 Å². The van der Waals surface area contributed by atoms with Crippen molar-refractivity contribution in [3.8, 4) is 5.75 Å². The molecule has 0 bridgehead atoms. The molecule has 1 aliphatic rings. The average molecular weight is 285 g/mol. The Balaban J connectivity index is 2.17. The summed E-state index contributed by atoms with van der Waals surface area (Å²) in [5, 5.41) is 0. The predicted molar refractivity (Wildman–Crippen MR) is 75.3 cm³/mol. The van der Waals surface area contributed by atoms with Crippen molar-refractivity contribution in [2.24, 2.45) is 0 Å². The molecule has 21 heavy (non-hydrogen) atoms. The highest BCUT2D eigenvalue weighted by Crippen LogP contribution is 2.36. The highest BCUT2D eigenvalue weighted by molar-refractivity contribution is 6.34. The maximum atomic E-state index is 13.8. The molecule has 1 heterocycles. The molecule has 0 aromatic heterocycles. The SMILES string of the molecule is COc1cc(C)c(F)cc1N1C(=O)c2ccccc2C1=O. The van der Waals surface area contributed by atoms with Crippen molar-refractivity contribution in [3.05, 3.63) is 58.9 Å². The minimum absolute atomic E-state index is 0.117. The maximum Gasteiger partial charge on any atom is 0.266 e. The third-order valence-corrected chi connectivity index (χ3v) is 3.50. The topological polar surface area (TPSA) is 46.6 Å². The van der Waals surface area contributed by atoms with Gasteiger partial charge in [0.1, 0.15) is 11.6 Å². The highest BCUT2D eigenvalue weighted by Gasteiger charge is 2.38. The van der Waals surface area contributed by atoms with E-state index in [0.717, 1.165) is 11.0 Å². The van der Waals surface area contributed by atoms with Crippen LogP contribution in [-0.2, 0) is 0 Å². The lowest BCUT2D eigenvalue weighted by Gasteiger charge is -2.18. The molecule has 1 aliphatic heterocycles. The van der Waals surface area contributed by atoms with Crippen molar-refractivity contribution in [1.29, 1.82) is 0 Å². The van der Waals surface area contributed by atoms with E-state index in [4.69, 9.17) is 4.74 Å². The van der Waals surface area contributed by atoms with Crippen LogP contribution in [0.25, 0.3) is 0 Å². The number of ether oxygens (including phenoxy) is 1. The molecule has 2 aromatic carbocycles. The van der Waals surface area contributed by atoms with Crippen LogP contribution in [0.2, 0.25) is 0 Å². The summed E-state index contributed by atoms with van der Waals surface area (Å²) < 4.78 is 19.0. The van der Waals surface area contributed by atoms with Crippen LogP contribution in [0.3, 0.4) is 0 Å². The van der Waals surface area contributed by atoms with Crippen molar-refractivity contribution in [2.45, 2.75) is 6.92 Å². The molecule has 0 spiro atoms. The Morgan fingerprint density at radius 3 is 2.14 bits per heavy atom. The van der Waals surface area contributed by atoms with E-state index < -0.39 is 17.6 Å². The van der Waals surface area contributed by atoms with Gasteiger partial charge in [-0.2, -0.15) is 0 Å². The number of hydrogen-bond donors (Lipinski definition) is 0. The molecular weight excluding hydrogens is 273 g/mol. The van der Waals surface area contributed by atoms with Crippen LogP contribution in [0.1, 0.15) is 26.3 Å². The van der Waals surface area contributed by atoms with Crippen LogP contribution < -0.4 is 9.64 Å². The van der Waals surface area contributed by atoms with Gasteiger partial charge in [0, 0.05) is 6.07 Å². The fourth-order valence-electron chi connectivity index (χ4n) is 2.39. The number of anilines is 1. The summed E-state index contributed by atoms with van der Waals surface area (Å²) in [6, 6.07) is 9.13. The fraction of sp³-hybridized carbons (Fsp3) is 0.125. The first-order chi connectivity index (χ1) is 10.0. The molecule has 5 heteroatoms. The molecular formula is C16H12FNO3. The van der Waals surface area contributed by atoms with Crippen molar-refractivity contribution in [2.75, 3.05) is 12.0 Å². The van der Waals surface area contributed by atoms with Gasteiger partial charge in [0.25, 0.3) is 11.8 Å². The Morgan fingerprint density at radius 2 is 1.62 bits per heavy atom. The Labute approximate surface area is 120 Å². The number of hydrogen-bond acceptors (Lipinski definition) is 3. The zero-order valence-corrected chi connectivity index (χ0v) is 11.5. The zero-order valence-electron chi connectivity index (χ0n) is 11.5. The molecule has 4 nitrogen and oxygen atoms in total. The predicted octanol–water partition coefficient (Wildman–Crippen LogP) is 2.94. The lowest BCUT2D eigenvalue weighted by Crippen LogP contribution is -2.30. The second-order valence-corrected chi connectivity index (χ2v) is 4.76. The number of rotatable bonds is 2. The Hall–Kier alpha value is -2.69. The van der Waals surface area contributed by atoms with Crippen molar-refractivity contribution >= 4 is 17.5 Å². The molecule has 2 aromatic rings. The van der Waals surface area contributed by atoms with Gasteiger partial charge in [0.05, 0.1) is 23.9 Å². The van der Waals surface area contributed by atoms with Gasteiger partial charge in [-0.05, 0) is 30.7 Å². The van der Waals surface area contributed by atoms with Crippen LogP contribution >= 0.6 is 0 Å². The number of fused-ring (bicyclic) bond motifs is 1. The van der Waals surface area contributed by atoms with E-state index in [-0.39, 0.29) is 11.4 Å². The van der Waals surface area contributed by atoms with E-state index in [1.165, 1.54) is 13.2 Å². The third-order valence-electron chi connectivity index (χ3n) is 3.50. The van der Waals surface area contributed by atoms with Gasteiger partial charge in [-0.25, -0.2) is 9.29 Å². The molecule has 0 fully saturated rings. The first-order valence-electron chi connectivity index (χ1n) is 6.36. The van der Waals surface area contributed by atoms with Gasteiger partial charge in [-0.15, -0.1) is 0 Å². The summed E-state index contributed by atoms with van der Waals surface area (Å²) in [5.74, 6) is -1.17. The van der Waals surface area contributed by atoms with E-state index in [1.54, 1.807) is 31.2 Å². The number of nitrogens with zero attached hydrogens (tertiary/aromatic N) is 1. The van der Waals surface area contributed by atoms with Crippen molar-refractivity contribution < 1.29 is 18.7 Å². The molecule has 0 saturated heterocycles. The first kappa shape index (κ1) is 13.3. The standard InChI is InChI=1S/C16H12FNO3/c1-9-7-14(21-2)13(8-12(9)17)18-15(19)10-5-3-4-6-11(10)16(18)20/h3-8H,1-2H3. The monoisotopic (exact) mass is 285 g/mol. The summed E-state index contributed by atoms with van der Waals surface area (Å²) in [5.41, 5.74) is 1.12. The second-order valence-electron chi connectivity index (χ2n) is 4.76. The Bertz CT molecular complexity index is 735. The number of carbonyl (C=O) groups is 2. The number of benzene rings is 2. The minimum atomic E-state index is -0.498. The molecule has 0 saturated carbocycles. The van der Waals surface area contributed by atoms with Gasteiger partial charge in [-0.1, -0.05) is 12.1 Å². The summed E-state index contributed by atoms with van der Waals surface area (Å²) >= 11 is 0. The number of carbonyl (C=O) groups excluding carboxylic acids is 2. The average Bonchev–Trinajstić information content (AvgIpc) is 2.74.